The number of rotatable bonds is 41. The fourth-order valence-electron chi connectivity index (χ4n) is 6.03. The predicted molar refractivity (Wildman–Crippen MR) is 219 cm³/mol. The molecule has 0 saturated carbocycles. The second-order valence-electron chi connectivity index (χ2n) is 14.7. The molecule has 11 heteroatoms. The molecule has 0 amide bonds. The Hall–Kier alpha value is -1.55. The van der Waals surface area contributed by atoms with Crippen molar-refractivity contribution in [2.75, 3.05) is 26.4 Å². The monoisotopic (exact) mass is 789 g/mol. The number of carbonyl (C=O) groups excluding carboxylic acids is 2. The zero-order valence-corrected chi connectivity index (χ0v) is 35.3. The summed E-state index contributed by atoms with van der Waals surface area (Å²) in [5.74, 6) is -1.02. The van der Waals surface area contributed by atoms with E-state index in [9.17, 15) is 29.3 Å². The number of ether oxygens (including phenoxy) is 2. The first kappa shape index (κ1) is 52.5. The SMILES string of the molecule is CCCCC/C=C\C/C=C\CCCCCCCCCC(=O)OC(CO)COP(=O)(O)OCC(CO)OC(=O)CCCCCCCCCCCCCCCC. The number of hydrogen-bond acceptors (Lipinski definition) is 9. The van der Waals surface area contributed by atoms with Crippen molar-refractivity contribution < 1.29 is 47.8 Å². The van der Waals surface area contributed by atoms with E-state index in [0.29, 0.717) is 12.8 Å². The van der Waals surface area contributed by atoms with Gasteiger partial charge < -0.3 is 24.6 Å². The number of hydrogen-bond donors (Lipinski definition) is 3. The zero-order chi connectivity index (χ0) is 39.8. The largest absolute Gasteiger partial charge is 0.472 e. The molecule has 0 aliphatic rings. The first-order valence-electron chi connectivity index (χ1n) is 21.8. The first-order chi connectivity index (χ1) is 26.3. The predicted octanol–water partition coefficient (Wildman–Crippen LogP) is 11.4. The number of phosphoric ester groups is 1. The second-order valence-corrected chi connectivity index (χ2v) is 16.1. The van der Waals surface area contributed by atoms with E-state index in [1.54, 1.807) is 0 Å². The van der Waals surface area contributed by atoms with Crippen molar-refractivity contribution in [2.24, 2.45) is 0 Å². The molecular formula is C43H81O10P. The topological polar surface area (TPSA) is 149 Å². The molecule has 0 bridgehead atoms. The summed E-state index contributed by atoms with van der Waals surface area (Å²) in [6.07, 6.45) is 38.6. The van der Waals surface area contributed by atoms with Crippen LogP contribution in [0.4, 0.5) is 0 Å². The van der Waals surface area contributed by atoms with E-state index >= 15 is 0 Å². The maximum absolute atomic E-state index is 12.4. The van der Waals surface area contributed by atoms with Crippen LogP contribution in [-0.2, 0) is 32.7 Å². The van der Waals surface area contributed by atoms with Crippen LogP contribution >= 0.6 is 7.82 Å². The molecule has 0 radical (unpaired) electrons. The number of phosphoric acid groups is 1. The van der Waals surface area contributed by atoms with E-state index in [1.165, 1.54) is 109 Å². The Morgan fingerprint density at radius 3 is 1.19 bits per heavy atom. The van der Waals surface area contributed by atoms with Crippen molar-refractivity contribution in [3.05, 3.63) is 24.3 Å². The van der Waals surface area contributed by atoms with Crippen LogP contribution in [0.25, 0.3) is 0 Å². The zero-order valence-electron chi connectivity index (χ0n) is 34.4. The van der Waals surface area contributed by atoms with Gasteiger partial charge >= 0.3 is 19.8 Å². The lowest BCUT2D eigenvalue weighted by molar-refractivity contribution is -0.153. The molecule has 10 nitrogen and oxygen atoms in total. The number of allylic oxidation sites excluding steroid dienone is 4. The van der Waals surface area contributed by atoms with Gasteiger partial charge in [0.25, 0.3) is 0 Å². The number of carbonyl (C=O) groups is 2. The highest BCUT2D eigenvalue weighted by Gasteiger charge is 2.27. The van der Waals surface area contributed by atoms with Gasteiger partial charge in [-0.2, -0.15) is 0 Å². The highest BCUT2D eigenvalue weighted by Crippen LogP contribution is 2.43. The molecule has 0 aliphatic carbocycles. The molecule has 0 rings (SSSR count). The Labute approximate surface area is 329 Å². The Morgan fingerprint density at radius 1 is 0.500 bits per heavy atom. The molecule has 0 aliphatic heterocycles. The molecule has 0 aromatic rings. The van der Waals surface area contributed by atoms with Crippen LogP contribution in [0.3, 0.4) is 0 Å². The summed E-state index contributed by atoms with van der Waals surface area (Å²) in [6, 6.07) is 0. The van der Waals surface area contributed by atoms with Gasteiger partial charge in [0, 0.05) is 12.8 Å². The van der Waals surface area contributed by atoms with Gasteiger partial charge in [-0.15, -0.1) is 0 Å². The lowest BCUT2D eigenvalue weighted by Gasteiger charge is -2.20. The van der Waals surface area contributed by atoms with Crippen LogP contribution in [0.5, 0.6) is 0 Å². The lowest BCUT2D eigenvalue weighted by atomic mass is 10.0. The third kappa shape index (κ3) is 37.4. The van der Waals surface area contributed by atoms with Crippen LogP contribution in [0.1, 0.15) is 200 Å². The summed E-state index contributed by atoms with van der Waals surface area (Å²) < 4.78 is 32.6. The second kappa shape index (κ2) is 39.7. The van der Waals surface area contributed by atoms with E-state index in [1.807, 2.05) is 0 Å². The molecule has 318 valence electrons. The number of aliphatic hydroxyl groups is 2. The van der Waals surface area contributed by atoms with Crippen LogP contribution in [-0.4, -0.2) is 65.7 Å². The minimum atomic E-state index is -4.63. The molecule has 3 unspecified atom stereocenters. The third-order valence-electron chi connectivity index (χ3n) is 9.42. The Bertz CT molecular complexity index is 957. The first-order valence-corrected chi connectivity index (χ1v) is 23.3. The minimum absolute atomic E-state index is 0.185. The molecule has 0 saturated heterocycles. The number of unbranched alkanes of at least 4 members (excludes halogenated alkanes) is 23. The molecule has 0 fully saturated rings. The van der Waals surface area contributed by atoms with E-state index in [4.69, 9.17) is 18.5 Å². The lowest BCUT2D eigenvalue weighted by Crippen LogP contribution is -2.28. The maximum atomic E-state index is 12.4. The van der Waals surface area contributed by atoms with Crippen molar-refractivity contribution in [3.8, 4) is 0 Å². The van der Waals surface area contributed by atoms with Gasteiger partial charge in [0.1, 0.15) is 12.2 Å². The van der Waals surface area contributed by atoms with Crippen LogP contribution in [0, 0.1) is 0 Å². The maximum Gasteiger partial charge on any atom is 0.472 e. The van der Waals surface area contributed by atoms with Crippen molar-refractivity contribution in [1.29, 1.82) is 0 Å². The van der Waals surface area contributed by atoms with Crippen molar-refractivity contribution in [2.45, 2.75) is 212 Å². The Kier molecular flexibility index (Phi) is 38.5. The minimum Gasteiger partial charge on any atom is -0.457 e. The Morgan fingerprint density at radius 2 is 0.815 bits per heavy atom. The Balaban J connectivity index is 3.92. The summed E-state index contributed by atoms with van der Waals surface area (Å²) in [4.78, 5) is 34.5. The summed E-state index contributed by atoms with van der Waals surface area (Å²) in [7, 11) is -4.63. The molecule has 3 atom stereocenters. The van der Waals surface area contributed by atoms with Gasteiger partial charge in [0.15, 0.2) is 0 Å². The smallest absolute Gasteiger partial charge is 0.457 e. The van der Waals surface area contributed by atoms with Crippen LogP contribution < -0.4 is 0 Å². The molecule has 54 heavy (non-hydrogen) atoms. The number of esters is 2. The highest BCUT2D eigenvalue weighted by atomic mass is 31.2. The highest BCUT2D eigenvalue weighted by molar-refractivity contribution is 7.47. The summed E-state index contributed by atoms with van der Waals surface area (Å²) in [6.45, 7) is 2.19. The van der Waals surface area contributed by atoms with Crippen LogP contribution in [0.15, 0.2) is 24.3 Å². The fraction of sp³-hybridized carbons (Fsp3) is 0.860. The standard InChI is InChI=1S/C43H81O10P/c1-3-5-7-9-11-13-15-17-19-20-21-23-25-27-29-31-33-35-43(47)53-41(37-45)39-51-54(48,49)50-38-40(36-44)52-42(46)34-32-30-28-26-24-22-18-16-14-12-10-8-6-4-2/h11,13,17,19,40-41,44-45H,3-10,12,14-16,18,20-39H2,1-2H3,(H,48,49)/b13-11-,19-17-. The summed E-state index contributed by atoms with van der Waals surface area (Å²) in [5, 5.41) is 19.2. The number of aliphatic hydroxyl groups excluding tert-OH is 2. The fourth-order valence-corrected chi connectivity index (χ4v) is 6.81. The van der Waals surface area contributed by atoms with Crippen molar-refractivity contribution in [3.63, 3.8) is 0 Å². The van der Waals surface area contributed by atoms with Gasteiger partial charge in [0.05, 0.1) is 26.4 Å². The quantitative estimate of drug-likeness (QED) is 0.0236. The molecule has 0 aromatic heterocycles. The van der Waals surface area contributed by atoms with Crippen molar-refractivity contribution >= 4 is 19.8 Å². The van der Waals surface area contributed by atoms with E-state index < -0.39 is 58.4 Å². The van der Waals surface area contributed by atoms with E-state index in [2.05, 4.69) is 38.2 Å². The molecule has 0 aromatic carbocycles. The van der Waals surface area contributed by atoms with Gasteiger partial charge in [-0.1, -0.05) is 167 Å². The van der Waals surface area contributed by atoms with Crippen LogP contribution in [0.2, 0.25) is 0 Å². The van der Waals surface area contributed by atoms with Gasteiger partial charge in [-0.05, 0) is 44.9 Å². The average Bonchev–Trinajstić information content (AvgIpc) is 3.16. The normalized spacial score (nSPS) is 14.1. The molecule has 0 heterocycles. The van der Waals surface area contributed by atoms with E-state index in [0.717, 1.165) is 51.4 Å². The van der Waals surface area contributed by atoms with Gasteiger partial charge in [0.2, 0.25) is 0 Å². The molecule has 3 N–H and O–H groups in total. The molecule has 0 spiro atoms. The van der Waals surface area contributed by atoms with Gasteiger partial charge in [-0.3, -0.25) is 18.6 Å². The van der Waals surface area contributed by atoms with Crippen molar-refractivity contribution in [1.82, 2.24) is 0 Å². The average molecular weight is 789 g/mol. The van der Waals surface area contributed by atoms with Gasteiger partial charge in [-0.25, -0.2) is 4.57 Å². The molecular weight excluding hydrogens is 707 g/mol. The summed E-state index contributed by atoms with van der Waals surface area (Å²) >= 11 is 0. The third-order valence-corrected chi connectivity index (χ3v) is 10.4. The summed E-state index contributed by atoms with van der Waals surface area (Å²) in [5.41, 5.74) is 0. The van der Waals surface area contributed by atoms with E-state index in [-0.39, 0.29) is 12.8 Å².